The molecule has 0 amide bonds. The van der Waals surface area contributed by atoms with Crippen LogP contribution in [-0.4, -0.2) is 4.98 Å². The van der Waals surface area contributed by atoms with Crippen LogP contribution in [0.1, 0.15) is 31.7 Å². The average molecular weight is 280 g/mol. The molecule has 0 aliphatic carbocycles. The second-order valence-corrected chi connectivity index (χ2v) is 4.93. The van der Waals surface area contributed by atoms with Crippen LogP contribution in [0.2, 0.25) is 0 Å². The van der Waals surface area contributed by atoms with Gasteiger partial charge in [0.25, 0.3) is 0 Å². The highest BCUT2D eigenvalue weighted by Gasteiger charge is 2.07. The summed E-state index contributed by atoms with van der Waals surface area (Å²) in [6.07, 6.45) is 2.77. The summed E-state index contributed by atoms with van der Waals surface area (Å²) in [5.74, 6) is 0.489. The molecular formula is C13H14BrNO. The lowest BCUT2D eigenvalue weighted by atomic mass is 9.97. The second-order valence-electron chi connectivity index (χ2n) is 4.08. The van der Waals surface area contributed by atoms with Crippen LogP contribution in [0.3, 0.4) is 0 Å². The molecule has 0 aliphatic heterocycles. The molecule has 1 aromatic heterocycles. The Morgan fingerprint density at radius 1 is 1.44 bits per heavy atom. The van der Waals surface area contributed by atoms with Crippen LogP contribution < -0.4 is 5.43 Å². The summed E-state index contributed by atoms with van der Waals surface area (Å²) in [5, 5.41) is 0.757. The summed E-state index contributed by atoms with van der Waals surface area (Å²) in [5.41, 5.74) is 2.16. The van der Waals surface area contributed by atoms with Crippen LogP contribution in [0.4, 0.5) is 0 Å². The van der Waals surface area contributed by atoms with E-state index in [2.05, 4.69) is 40.8 Å². The summed E-state index contributed by atoms with van der Waals surface area (Å²) in [4.78, 5) is 15.0. The number of hydrogen-bond acceptors (Lipinski definition) is 1. The number of fused-ring (bicyclic) bond motifs is 1. The van der Waals surface area contributed by atoms with E-state index in [9.17, 15) is 4.79 Å². The number of hydrogen-bond donors (Lipinski definition) is 1. The molecule has 0 bridgehead atoms. The van der Waals surface area contributed by atoms with E-state index in [-0.39, 0.29) is 5.43 Å². The first-order valence-corrected chi connectivity index (χ1v) is 6.23. The molecule has 2 rings (SSSR count). The van der Waals surface area contributed by atoms with Crippen molar-refractivity contribution in [2.24, 2.45) is 0 Å². The summed E-state index contributed by atoms with van der Waals surface area (Å²) in [6.45, 7) is 4.33. The second kappa shape index (κ2) is 4.42. The van der Waals surface area contributed by atoms with Crippen molar-refractivity contribution < 1.29 is 0 Å². The lowest BCUT2D eigenvalue weighted by Gasteiger charge is -2.09. The molecule has 1 atom stereocenters. The van der Waals surface area contributed by atoms with Gasteiger partial charge in [-0.3, -0.25) is 4.79 Å². The van der Waals surface area contributed by atoms with Gasteiger partial charge in [0.15, 0.2) is 0 Å². The molecule has 1 N–H and O–H groups in total. The van der Waals surface area contributed by atoms with Gasteiger partial charge in [-0.2, -0.15) is 0 Å². The molecule has 84 valence electrons. The van der Waals surface area contributed by atoms with E-state index in [0.29, 0.717) is 10.4 Å². The van der Waals surface area contributed by atoms with Crippen LogP contribution in [0.25, 0.3) is 10.9 Å². The molecule has 1 aromatic carbocycles. The highest BCUT2D eigenvalue weighted by Crippen LogP contribution is 2.21. The minimum absolute atomic E-state index is 0.0545. The standard InChI is InChI=1S/C13H14BrNO/c1-3-8(2)9-4-5-12-10(6-9)13(16)11(14)7-15-12/h4-8H,3H2,1-2H3,(H,15,16). The van der Waals surface area contributed by atoms with Crippen molar-refractivity contribution in [3.63, 3.8) is 0 Å². The van der Waals surface area contributed by atoms with Crippen LogP contribution in [0.15, 0.2) is 33.7 Å². The SMILES string of the molecule is CCC(C)c1ccc2[nH]cc(Br)c(=O)c2c1. The maximum Gasteiger partial charge on any atom is 0.203 e. The Morgan fingerprint density at radius 2 is 2.19 bits per heavy atom. The van der Waals surface area contributed by atoms with Crippen LogP contribution in [0.5, 0.6) is 0 Å². The van der Waals surface area contributed by atoms with E-state index in [1.165, 1.54) is 5.56 Å². The van der Waals surface area contributed by atoms with Crippen molar-refractivity contribution in [1.82, 2.24) is 4.98 Å². The fraction of sp³-hybridized carbons (Fsp3) is 0.308. The molecule has 1 unspecified atom stereocenters. The zero-order valence-electron chi connectivity index (χ0n) is 9.38. The molecule has 0 radical (unpaired) electrons. The molecule has 0 spiro atoms. The van der Waals surface area contributed by atoms with E-state index in [1.54, 1.807) is 6.20 Å². The van der Waals surface area contributed by atoms with Gasteiger partial charge in [0.1, 0.15) is 0 Å². The van der Waals surface area contributed by atoms with E-state index in [1.807, 2.05) is 12.1 Å². The molecule has 0 saturated carbocycles. The minimum Gasteiger partial charge on any atom is -0.360 e. The molecule has 2 aromatic rings. The smallest absolute Gasteiger partial charge is 0.203 e. The van der Waals surface area contributed by atoms with Crippen LogP contribution >= 0.6 is 15.9 Å². The number of aromatic amines is 1. The van der Waals surface area contributed by atoms with E-state index < -0.39 is 0 Å². The Balaban J connectivity index is 2.69. The number of pyridine rings is 1. The van der Waals surface area contributed by atoms with Gasteiger partial charge in [-0.05, 0) is 46.0 Å². The number of rotatable bonds is 2. The normalized spacial score (nSPS) is 12.9. The summed E-state index contributed by atoms with van der Waals surface area (Å²) in [6, 6.07) is 6.05. The molecule has 3 heteroatoms. The molecular weight excluding hydrogens is 266 g/mol. The Bertz CT molecular complexity index is 574. The van der Waals surface area contributed by atoms with E-state index in [0.717, 1.165) is 17.3 Å². The van der Waals surface area contributed by atoms with Crippen molar-refractivity contribution in [2.45, 2.75) is 26.2 Å². The molecule has 0 saturated heterocycles. The molecule has 0 fully saturated rings. The predicted octanol–water partition coefficient (Wildman–Crippen LogP) is 3.80. The van der Waals surface area contributed by atoms with Crippen molar-refractivity contribution in [3.8, 4) is 0 Å². The van der Waals surface area contributed by atoms with Crippen molar-refractivity contribution in [2.75, 3.05) is 0 Å². The molecule has 1 heterocycles. The zero-order valence-corrected chi connectivity index (χ0v) is 11.0. The maximum absolute atomic E-state index is 11.9. The summed E-state index contributed by atoms with van der Waals surface area (Å²) in [7, 11) is 0. The Labute approximate surface area is 103 Å². The van der Waals surface area contributed by atoms with Crippen LogP contribution in [0, 0.1) is 0 Å². The third-order valence-electron chi connectivity index (χ3n) is 3.04. The summed E-state index contributed by atoms with van der Waals surface area (Å²) >= 11 is 3.25. The monoisotopic (exact) mass is 279 g/mol. The maximum atomic E-state index is 11.9. The highest BCUT2D eigenvalue weighted by atomic mass is 79.9. The lowest BCUT2D eigenvalue weighted by Crippen LogP contribution is -2.04. The summed E-state index contributed by atoms with van der Waals surface area (Å²) < 4.78 is 0.585. The van der Waals surface area contributed by atoms with Gasteiger partial charge in [-0.15, -0.1) is 0 Å². The van der Waals surface area contributed by atoms with E-state index in [4.69, 9.17) is 0 Å². The van der Waals surface area contributed by atoms with Crippen molar-refractivity contribution in [3.05, 3.63) is 44.7 Å². The topological polar surface area (TPSA) is 32.9 Å². The van der Waals surface area contributed by atoms with Gasteiger partial charge in [-0.1, -0.05) is 19.9 Å². The first-order valence-electron chi connectivity index (χ1n) is 5.44. The molecule has 2 nitrogen and oxygen atoms in total. The van der Waals surface area contributed by atoms with Crippen LogP contribution in [-0.2, 0) is 0 Å². The fourth-order valence-corrected chi connectivity index (χ4v) is 2.08. The highest BCUT2D eigenvalue weighted by molar-refractivity contribution is 9.10. The predicted molar refractivity (Wildman–Crippen MR) is 71.0 cm³/mol. The number of H-pyrrole nitrogens is 1. The lowest BCUT2D eigenvalue weighted by molar-refractivity contribution is 0.734. The third kappa shape index (κ3) is 1.92. The first kappa shape index (κ1) is 11.4. The Kier molecular flexibility index (Phi) is 3.15. The molecule has 16 heavy (non-hydrogen) atoms. The Morgan fingerprint density at radius 3 is 2.88 bits per heavy atom. The third-order valence-corrected chi connectivity index (χ3v) is 3.63. The number of aromatic nitrogens is 1. The fourth-order valence-electron chi connectivity index (χ4n) is 1.75. The number of benzene rings is 1. The van der Waals surface area contributed by atoms with Crippen molar-refractivity contribution >= 4 is 26.8 Å². The van der Waals surface area contributed by atoms with Gasteiger partial charge in [0.2, 0.25) is 5.43 Å². The van der Waals surface area contributed by atoms with Crippen molar-refractivity contribution in [1.29, 1.82) is 0 Å². The Hall–Kier alpha value is -1.09. The van der Waals surface area contributed by atoms with E-state index >= 15 is 0 Å². The minimum atomic E-state index is 0.0545. The van der Waals surface area contributed by atoms with Gasteiger partial charge in [-0.25, -0.2) is 0 Å². The average Bonchev–Trinajstić information content (AvgIpc) is 2.32. The largest absolute Gasteiger partial charge is 0.360 e. The zero-order chi connectivity index (χ0) is 11.7. The number of halogens is 1. The van der Waals surface area contributed by atoms with Gasteiger partial charge >= 0.3 is 0 Å². The van der Waals surface area contributed by atoms with Gasteiger partial charge < -0.3 is 4.98 Å². The van der Waals surface area contributed by atoms with Gasteiger partial charge in [0, 0.05) is 17.1 Å². The van der Waals surface area contributed by atoms with Gasteiger partial charge in [0.05, 0.1) is 4.47 Å². The number of nitrogens with one attached hydrogen (secondary N) is 1. The first-order chi connectivity index (χ1) is 7.63. The molecule has 0 aliphatic rings. The quantitative estimate of drug-likeness (QED) is 0.891.